The van der Waals surface area contributed by atoms with Crippen LogP contribution in [0.3, 0.4) is 0 Å². The Hall–Kier alpha value is -0.870. The van der Waals surface area contributed by atoms with Gasteiger partial charge in [-0.25, -0.2) is 4.79 Å². The van der Waals surface area contributed by atoms with Crippen molar-refractivity contribution in [3.05, 3.63) is 0 Å². The summed E-state index contributed by atoms with van der Waals surface area (Å²) in [6.45, 7) is 1.21. The molecule has 0 rings (SSSR count). The molecule has 14 heavy (non-hydrogen) atoms. The quantitative estimate of drug-likeness (QED) is 0.525. The number of aliphatic hydroxyl groups excluding tert-OH is 1. The fourth-order valence-corrected chi connectivity index (χ4v) is 1.66. The first-order valence-corrected chi connectivity index (χ1v) is 5.92. The molecule has 2 atom stereocenters. The number of rotatable bonds is 6. The first-order chi connectivity index (χ1) is 6.47. The number of carbonyl (C=O) groups excluding carboxylic acids is 1. The van der Waals surface area contributed by atoms with Crippen LogP contribution in [0.15, 0.2) is 0 Å². The van der Waals surface area contributed by atoms with Crippen molar-refractivity contribution < 1.29 is 24.4 Å². The van der Waals surface area contributed by atoms with Gasteiger partial charge in [-0.05, 0) is 6.42 Å². The molecule has 0 saturated heterocycles. The zero-order valence-corrected chi connectivity index (χ0v) is 8.82. The molecule has 0 aliphatic rings. The topological polar surface area (TPSA) is 104 Å². The third-order valence-corrected chi connectivity index (χ3v) is 2.76. The summed E-state index contributed by atoms with van der Waals surface area (Å²) in [6.07, 6.45) is -0.219. The summed E-state index contributed by atoms with van der Waals surface area (Å²) in [5.41, 5.74) is 0. The zero-order chi connectivity index (χ0) is 11.1. The molecule has 0 fully saturated rings. The van der Waals surface area contributed by atoms with Crippen LogP contribution in [-0.2, 0) is 14.2 Å². The molecule has 0 radical (unpaired) electrons. The lowest BCUT2D eigenvalue weighted by Gasteiger charge is -2.12. The minimum atomic E-state index is -2.10. The van der Waals surface area contributed by atoms with E-state index >= 15 is 0 Å². The minimum absolute atomic E-state index is 0.0767. The zero-order valence-electron chi connectivity index (χ0n) is 7.82. The number of aliphatic carboxylic acids is 1. The predicted molar refractivity (Wildman–Crippen MR) is 50.8 cm³/mol. The Kier molecular flexibility index (Phi) is 6.16. The van der Waals surface area contributed by atoms with E-state index in [0.29, 0.717) is 0 Å². The third-order valence-electron chi connectivity index (χ3n) is 1.56. The summed E-state index contributed by atoms with van der Waals surface area (Å²) in [5.74, 6) is -1.60. The highest BCUT2D eigenvalue weighted by Crippen LogP contribution is 2.19. The van der Waals surface area contributed by atoms with Gasteiger partial charge in [0, 0.05) is 13.1 Å². The molecule has 2 unspecified atom stereocenters. The minimum Gasteiger partial charge on any atom is -0.480 e. The van der Waals surface area contributed by atoms with Crippen LogP contribution in [0.5, 0.6) is 0 Å². The van der Waals surface area contributed by atoms with E-state index in [1.807, 2.05) is 0 Å². The van der Waals surface area contributed by atoms with Gasteiger partial charge in [-0.15, -0.1) is 0 Å². The summed E-state index contributed by atoms with van der Waals surface area (Å²) < 4.78 is 10.9. The van der Waals surface area contributed by atoms with Gasteiger partial charge in [0.2, 0.25) is 5.91 Å². The summed E-state index contributed by atoms with van der Waals surface area (Å²) in [7, 11) is -2.10. The molecule has 6 nitrogen and oxygen atoms in total. The largest absolute Gasteiger partial charge is 0.480 e. The van der Waals surface area contributed by atoms with Crippen molar-refractivity contribution in [2.45, 2.75) is 19.4 Å². The lowest BCUT2D eigenvalue weighted by molar-refractivity contribution is -0.141. The number of hydrogen-bond acceptors (Lipinski definition) is 4. The van der Waals surface area contributed by atoms with Gasteiger partial charge in [-0.3, -0.25) is 4.79 Å². The smallest absolute Gasteiger partial charge is 0.326 e. The highest BCUT2D eigenvalue weighted by atomic mass is 31.1. The van der Waals surface area contributed by atoms with Gasteiger partial charge in [0.25, 0.3) is 0 Å². The summed E-state index contributed by atoms with van der Waals surface area (Å²) >= 11 is 0. The fourth-order valence-electron chi connectivity index (χ4n) is 0.887. The average Bonchev–Trinajstić information content (AvgIpc) is 2.10. The van der Waals surface area contributed by atoms with Gasteiger partial charge < -0.3 is 20.1 Å². The Balaban J connectivity index is 4.04. The number of carboxylic acids is 1. The van der Waals surface area contributed by atoms with Gasteiger partial charge in [0.1, 0.15) is 13.8 Å². The predicted octanol–water partition coefficient (Wildman–Crippen LogP) is -0.525. The van der Waals surface area contributed by atoms with Crippen molar-refractivity contribution in [2.75, 3.05) is 12.5 Å². The van der Waals surface area contributed by atoms with Crippen LogP contribution < -0.4 is 5.32 Å². The number of carboxylic acid groups (broad SMARTS) is 1. The Morgan fingerprint density at radius 2 is 2.07 bits per heavy atom. The van der Waals surface area contributed by atoms with Gasteiger partial charge in [-0.2, -0.15) is 0 Å². The number of aliphatic hydroxyl groups is 1. The Morgan fingerprint density at radius 1 is 1.50 bits per heavy atom. The van der Waals surface area contributed by atoms with Crippen LogP contribution in [0, 0.1) is 0 Å². The second kappa shape index (κ2) is 6.56. The van der Waals surface area contributed by atoms with Crippen LogP contribution in [0.1, 0.15) is 13.3 Å². The molecule has 1 amide bonds. The van der Waals surface area contributed by atoms with Gasteiger partial charge in [0.15, 0.2) is 0 Å². The van der Waals surface area contributed by atoms with Crippen LogP contribution in [-0.4, -0.2) is 40.6 Å². The van der Waals surface area contributed by atoms with Crippen LogP contribution >= 0.6 is 7.80 Å². The molecule has 82 valence electrons. The molecule has 0 aliphatic heterocycles. The molecule has 3 N–H and O–H groups in total. The second-order valence-electron chi connectivity index (χ2n) is 2.83. The highest BCUT2D eigenvalue weighted by Gasteiger charge is 2.18. The van der Waals surface area contributed by atoms with Crippen molar-refractivity contribution in [3.63, 3.8) is 0 Å². The summed E-state index contributed by atoms with van der Waals surface area (Å²) in [6, 6.07) is -1.02. The molecule has 7 heteroatoms. The van der Waals surface area contributed by atoms with E-state index in [9.17, 15) is 14.2 Å². The molecule has 0 spiro atoms. The Bertz CT molecular complexity index is 242. The van der Waals surface area contributed by atoms with Crippen LogP contribution in [0.25, 0.3) is 0 Å². The Labute approximate surface area is 82.1 Å². The van der Waals surface area contributed by atoms with E-state index in [2.05, 4.69) is 5.32 Å². The van der Waals surface area contributed by atoms with Crippen LogP contribution in [0.2, 0.25) is 0 Å². The monoisotopic (exact) mass is 223 g/mol. The lowest BCUT2D eigenvalue weighted by Crippen LogP contribution is -2.39. The number of amides is 1. The summed E-state index contributed by atoms with van der Waals surface area (Å²) in [5, 5.41) is 19.3. The van der Waals surface area contributed by atoms with E-state index in [4.69, 9.17) is 10.2 Å². The maximum absolute atomic E-state index is 10.9. The second-order valence-corrected chi connectivity index (χ2v) is 4.72. The fraction of sp³-hybridized carbons (Fsp3) is 0.714. The lowest BCUT2D eigenvalue weighted by atomic mass is 10.2. The van der Waals surface area contributed by atoms with Crippen molar-refractivity contribution in [1.29, 1.82) is 0 Å². The van der Waals surface area contributed by atoms with Crippen molar-refractivity contribution in [1.82, 2.24) is 5.32 Å². The summed E-state index contributed by atoms with van der Waals surface area (Å²) in [4.78, 5) is 21.1. The van der Waals surface area contributed by atoms with E-state index < -0.39 is 32.1 Å². The van der Waals surface area contributed by atoms with Crippen molar-refractivity contribution >= 4 is 19.7 Å². The SMILES string of the molecule is CC(=O)NC(CC[PH](=O)CO)C(=O)O. The molecule has 0 bridgehead atoms. The molecule has 0 aromatic rings. The number of nitrogens with one attached hydrogen (secondary N) is 1. The van der Waals surface area contributed by atoms with E-state index in [-0.39, 0.29) is 12.6 Å². The molecule has 0 aliphatic carbocycles. The van der Waals surface area contributed by atoms with E-state index in [0.717, 1.165) is 0 Å². The maximum atomic E-state index is 10.9. The normalized spacial score (nSPS) is 14.4. The molecule has 0 heterocycles. The molecule has 0 aromatic heterocycles. The Morgan fingerprint density at radius 3 is 2.43 bits per heavy atom. The molecule has 0 saturated carbocycles. The van der Waals surface area contributed by atoms with E-state index in [1.165, 1.54) is 6.92 Å². The van der Waals surface area contributed by atoms with Crippen LogP contribution in [0.4, 0.5) is 0 Å². The first-order valence-electron chi connectivity index (χ1n) is 4.09. The van der Waals surface area contributed by atoms with Crippen molar-refractivity contribution in [3.8, 4) is 0 Å². The van der Waals surface area contributed by atoms with Crippen molar-refractivity contribution in [2.24, 2.45) is 0 Å². The number of hydrogen-bond donors (Lipinski definition) is 3. The average molecular weight is 223 g/mol. The molecular formula is C7H14NO5P. The standard InChI is InChI=1S/C7H14NO5P/c1-5(10)8-6(7(11)12)2-3-14(13)4-9/h6,9,14H,2-4H2,1H3,(H,8,10)(H,11,12). The molecule has 0 aromatic carbocycles. The first kappa shape index (κ1) is 13.1. The van der Waals surface area contributed by atoms with Gasteiger partial charge >= 0.3 is 5.97 Å². The van der Waals surface area contributed by atoms with E-state index in [1.54, 1.807) is 0 Å². The number of carbonyl (C=O) groups is 2. The highest BCUT2D eigenvalue weighted by molar-refractivity contribution is 7.44. The van der Waals surface area contributed by atoms with Gasteiger partial charge in [0.05, 0.1) is 6.35 Å². The molecular weight excluding hydrogens is 209 g/mol. The third kappa shape index (κ3) is 5.72. The van der Waals surface area contributed by atoms with Gasteiger partial charge in [-0.1, -0.05) is 0 Å². The maximum Gasteiger partial charge on any atom is 0.326 e.